The van der Waals surface area contributed by atoms with Crippen LogP contribution < -0.4 is 4.68 Å². The van der Waals surface area contributed by atoms with Crippen LogP contribution in [-0.2, 0) is 19.9 Å². The zero-order chi connectivity index (χ0) is 22.3. The van der Waals surface area contributed by atoms with Crippen LogP contribution in [0.5, 0.6) is 0 Å². The second-order valence-electron chi connectivity index (χ2n) is 9.75. The minimum atomic E-state index is 0.973. The van der Waals surface area contributed by atoms with Gasteiger partial charge in [0.1, 0.15) is 5.69 Å². The van der Waals surface area contributed by atoms with Crippen LogP contribution in [0.1, 0.15) is 50.2 Å². The maximum absolute atomic E-state index is 4.99. The van der Waals surface area contributed by atoms with Gasteiger partial charge < -0.3 is 0 Å². The first-order chi connectivity index (χ1) is 15.3. The minimum Gasteiger partial charge on any atom is -0.0859 e. The van der Waals surface area contributed by atoms with Crippen LogP contribution in [0.2, 0.25) is 0 Å². The van der Waals surface area contributed by atoms with E-state index in [-0.39, 0.29) is 0 Å². The number of rotatable bonds is 1. The van der Waals surface area contributed by atoms with E-state index in [4.69, 9.17) is 5.10 Å². The van der Waals surface area contributed by atoms with Gasteiger partial charge in [-0.25, -0.2) is 0 Å². The average molecular weight is 418 g/mol. The predicted octanol–water partition coefficient (Wildman–Crippen LogP) is 6.26. The van der Waals surface area contributed by atoms with Gasteiger partial charge in [-0.3, -0.25) is 0 Å². The molecule has 0 amide bonds. The van der Waals surface area contributed by atoms with E-state index < -0.39 is 0 Å². The third-order valence-electron chi connectivity index (χ3n) is 7.65. The van der Waals surface area contributed by atoms with Crippen molar-refractivity contribution < 1.29 is 4.68 Å². The molecule has 3 aromatic carbocycles. The summed E-state index contributed by atoms with van der Waals surface area (Å²) in [7, 11) is 2.10. The monoisotopic (exact) mass is 417 g/mol. The van der Waals surface area contributed by atoms with E-state index in [1.54, 1.807) is 0 Å². The van der Waals surface area contributed by atoms with Gasteiger partial charge >= 0.3 is 0 Å². The fourth-order valence-electron chi connectivity index (χ4n) is 6.20. The Morgan fingerprint density at radius 2 is 1.50 bits per heavy atom. The summed E-state index contributed by atoms with van der Waals surface area (Å²) in [4.78, 5) is 0. The molecule has 2 aliphatic rings. The molecule has 0 unspecified atom stereocenters. The maximum atomic E-state index is 4.99. The summed E-state index contributed by atoms with van der Waals surface area (Å²) in [6.07, 6.45) is 2.02. The molecule has 1 aromatic heterocycles. The molecule has 0 N–H and O–H groups in total. The smallest absolute Gasteiger partial charge is 0.0859 e. The van der Waals surface area contributed by atoms with Crippen LogP contribution in [0, 0.1) is 34.6 Å². The zero-order valence-corrected chi connectivity index (χ0v) is 19.9. The summed E-state index contributed by atoms with van der Waals surface area (Å²) in [6.45, 7) is 11.1. The van der Waals surface area contributed by atoms with Crippen LogP contribution in [0.4, 0.5) is 0 Å². The molecule has 1 heterocycles. The predicted molar refractivity (Wildman–Crippen MR) is 131 cm³/mol. The van der Waals surface area contributed by atoms with Crippen molar-refractivity contribution in [3.05, 3.63) is 92.7 Å². The van der Waals surface area contributed by atoms with Crippen molar-refractivity contribution in [2.45, 2.75) is 47.5 Å². The Balaban J connectivity index is 1.65. The first-order valence-electron chi connectivity index (χ1n) is 11.6. The van der Waals surface area contributed by atoms with Gasteiger partial charge in [0.05, 0.1) is 5.56 Å². The molecule has 2 nitrogen and oxygen atoms in total. The molecular weight excluding hydrogens is 388 g/mol. The standard InChI is InChI=1S/C30H29N2/c1-16-12-18(3)19(4)24(13-16)30-26-15-25-23(28(26)20(5)31-32(30)6)11-10-22-14-21-9-7-8-17(2)27(21)29(22)25/h7-13H,14-15H2,1-6H3/q+1. The lowest BCUT2D eigenvalue weighted by Crippen LogP contribution is -2.38. The highest BCUT2D eigenvalue weighted by molar-refractivity contribution is 5.93. The second kappa shape index (κ2) is 6.62. The largest absolute Gasteiger partial charge is 0.243 e. The van der Waals surface area contributed by atoms with Crippen LogP contribution in [-0.4, -0.2) is 5.10 Å². The van der Waals surface area contributed by atoms with Crippen LogP contribution in [0.25, 0.3) is 33.5 Å². The normalized spacial score (nSPS) is 13.1. The van der Waals surface area contributed by atoms with Crippen LogP contribution in [0.3, 0.4) is 0 Å². The van der Waals surface area contributed by atoms with Gasteiger partial charge in [0, 0.05) is 17.5 Å². The molecule has 32 heavy (non-hydrogen) atoms. The summed E-state index contributed by atoms with van der Waals surface area (Å²) < 4.78 is 2.11. The van der Waals surface area contributed by atoms with Gasteiger partial charge in [-0.2, -0.15) is 0 Å². The Bertz CT molecular complexity index is 1470. The molecule has 2 heteroatoms. The summed E-state index contributed by atoms with van der Waals surface area (Å²) >= 11 is 0. The third kappa shape index (κ3) is 2.53. The second-order valence-corrected chi connectivity index (χ2v) is 9.75. The van der Waals surface area contributed by atoms with E-state index in [0.717, 1.165) is 18.5 Å². The number of aryl methyl sites for hydroxylation is 5. The average Bonchev–Trinajstić information content (AvgIpc) is 3.30. The lowest BCUT2D eigenvalue weighted by Gasteiger charge is -2.12. The van der Waals surface area contributed by atoms with Crippen molar-refractivity contribution in [3.63, 3.8) is 0 Å². The molecule has 2 aliphatic carbocycles. The van der Waals surface area contributed by atoms with Crippen molar-refractivity contribution >= 4 is 0 Å². The highest BCUT2D eigenvalue weighted by atomic mass is 15.3. The molecule has 6 rings (SSSR count). The van der Waals surface area contributed by atoms with Gasteiger partial charge in [-0.15, -0.1) is 0 Å². The van der Waals surface area contributed by atoms with E-state index in [0.29, 0.717) is 0 Å². The molecule has 0 radical (unpaired) electrons. The fraction of sp³-hybridized carbons (Fsp3) is 0.267. The summed E-state index contributed by atoms with van der Waals surface area (Å²) in [6, 6.07) is 16.1. The van der Waals surface area contributed by atoms with E-state index in [2.05, 4.69) is 88.8 Å². The van der Waals surface area contributed by atoms with Gasteiger partial charge in [0.15, 0.2) is 7.05 Å². The fourth-order valence-corrected chi connectivity index (χ4v) is 6.20. The molecular formula is C30H29N2+. The Labute approximate surface area is 190 Å². The highest BCUT2D eigenvalue weighted by Crippen LogP contribution is 2.50. The number of hydrogen-bond acceptors (Lipinski definition) is 1. The zero-order valence-electron chi connectivity index (χ0n) is 19.9. The minimum absolute atomic E-state index is 0.973. The SMILES string of the molecule is Cc1cc(C)c(C)c(-c2c3c(c(C)n[n+]2C)-c2ccc4c(c2C3)-c2c(C)cccc2C4)c1. The maximum Gasteiger partial charge on any atom is 0.243 e. The van der Waals surface area contributed by atoms with Gasteiger partial charge in [-0.05, 0) is 102 Å². The first-order valence-corrected chi connectivity index (χ1v) is 11.6. The molecule has 0 bridgehead atoms. The third-order valence-corrected chi connectivity index (χ3v) is 7.65. The molecule has 158 valence electrons. The van der Waals surface area contributed by atoms with E-state index in [1.807, 2.05) is 0 Å². The van der Waals surface area contributed by atoms with Crippen LogP contribution >= 0.6 is 0 Å². The molecule has 4 aromatic rings. The Morgan fingerprint density at radius 3 is 2.31 bits per heavy atom. The van der Waals surface area contributed by atoms with Crippen molar-refractivity contribution in [1.29, 1.82) is 0 Å². The van der Waals surface area contributed by atoms with Gasteiger partial charge in [0.25, 0.3) is 0 Å². The van der Waals surface area contributed by atoms with Crippen molar-refractivity contribution in [3.8, 4) is 33.5 Å². The van der Waals surface area contributed by atoms with Crippen molar-refractivity contribution in [2.24, 2.45) is 7.05 Å². The van der Waals surface area contributed by atoms with Gasteiger partial charge in [-0.1, -0.05) is 46.6 Å². The molecule has 0 aliphatic heterocycles. The van der Waals surface area contributed by atoms with Crippen molar-refractivity contribution in [2.75, 3.05) is 0 Å². The summed E-state index contributed by atoms with van der Waals surface area (Å²) in [5, 5.41) is 4.99. The van der Waals surface area contributed by atoms with E-state index in [9.17, 15) is 0 Å². The first kappa shape index (κ1) is 19.4. The van der Waals surface area contributed by atoms with Crippen LogP contribution in [0.15, 0.2) is 42.5 Å². The summed E-state index contributed by atoms with van der Waals surface area (Å²) in [5.41, 5.74) is 20.6. The Hall–Kier alpha value is -3.26. The molecule has 0 fully saturated rings. The topological polar surface area (TPSA) is 16.8 Å². The van der Waals surface area contributed by atoms with Gasteiger partial charge in [0.2, 0.25) is 5.69 Å². The lowest BCUT2D eigenvalue weighted by molar-refractivity contribution is -0.721. The molecule has 0 saturated carbocycles. The van der Waals surface area contributed by atoms with E-state index >= 15 is 0 Å². The summed E-state index contributed by atoms with van der Waals surface area (Å²) in [5.74, 6) is 0. The number of nitrogens with zero attached hydrogens (tertiary/aromatic N) is 2. The number of fused-ring (bicyclic) bond motifs is 7. The quantitative estimate of drug-likeness (QED) is 0.289. The lowest BCUT2D eigenvalue weighted by atomic mass is 9.92. The van der Waals surface area contributed by atoms with Crippen molar-refractivity contribution in [1.82, 2.24) is 5.10 Å². The molecule has 0 saturated heterocycles. The number of hydrogen-bond donors (Lipinski definition) is 0. The molecule has 0 atom stereocenters. The highest BCUT2D eigenvalue weighted by Gasteiger charge is 2.35. The molecule has 0 spiro atoms. The Kier molecular flexibility index (Phi) is 4.02. The number of aromatic nitrogens is 2. The Morgan fingerprint density at radius 1 is 0.719 bits per heavy atom. The number of benzene rings is 3. The van der Waals surface area contributed by atoms with E-state index in [1.165, 1.54) is 78.0 Å².